The van der Waals surface area contributed by atoms with Gasteiger partial charge in [0.25, 0.3) is 0 Å². The smallest absolute Gasteiger partial charge is 0.333 e. The van der Waals surface area contributed by atoms with Crippen molar-refractivity contribution in [1.82, 2.24) is 0 Å². The highest BCUT2D eigenvalue weighted by Gasteiger charge is 2.61. The third-order valence-corrected chi connectivity index (χ3v) is 7.61. The molecule has 0 aromatic heterocycles. The average Bonchev–Trinajstić information content (AvgIpc) is 3.18. The van der Waals surface area contributed by atoms with Crippen molar-refractivity contribution in [2.45, 2.75) is 62.4 Å². The van der Waals surface area contributed by atoms with Gasteiger partial charge < -0.3 is 14.2 Å². The Bertz CT molecular complexity index is 782. The summed E-state index contributed by atoms with van der Waals surface area (Å²) in [6.07, 6.45) is 8.54. The predicted octanol–water partition coefficient (Wildman–Crippen LogP) is 4.73. The van der Waals surface area contributed by atoms with E-state index in [1.54, 1.807) is 0 Å². The molecule has 1 heterocycles. The zero-order valence-corrected chi connectivity index (χ0v) is 17.1. The summed E-state index contributed by atoms with van der Waals surface area (Å²) in [7, 11) is 1.46. The summed E-state index contributed by atoms with van der Waals surface area (Å²) in [5, 5.41) is 0. The quantitative estimate of drug-likeness (QED) is 0.633. The molecular weight excluding hydrogens is 408 g/mol. The van der Waals surface area contributed by atoms with Crippen molar-refractivity contribution >= 4 is 21.9 Å². The summed E-state index contributed by atoms with van der Waals surface area (Å²) in [6.45, 7) is 0. The van der Waals surface area contributed by atoms with Crippen LogP contribution >= 0.6 is 15.9 Å². The van der Waals surface area contributed by atoms with Crippen LogP contribution in [0.25, 0.3) is 0 Å². The van der Waals surface area contributed by atoms with Crippen LogP contribution in [0.15, 0.2) is 40.4 Å². The van der Waals surface area contributed by atoms with Gasteiger partial charge in [-0.15, -0.1) is 0 Å². The molecule has 1 aliphatic heterocycles. The number of carbonyl (C=O) groups is 1. The Morgan fingerprint density at radius 1 is 1.15 bits per heavy atom. The van der Waals surface area contributed by atoms with Crippen molar-refractivity contribution in [2.24, 2.45) is 11.8 Å². The van der Waals surface area contributed by atoms with Gasteiger partial charge in [0.2, 0.25) is 0 Å². The van der Waals surface area contributed by atoms with Crippen molar-refractivity contribution in [3.63, 3.8) is 0 Å². The Morgan fingerprint density at radius 2 is 1.89 bits per heavy atom. The number of halogens is 1. The molecule has 5 heteroatoms. The summed E-state index contributed by atoms with van der Waals surface area (Å²) in [6, 6.07) is 8.28. The Morgan fingerprint density at radius 3 is 2.63 bits per heavy atom. The highest BCUT2D eigenvalue weighted by atomic mass is 79.9. The van der Waals surface area contributed by atoms with Crippen LogP contribution < -0.4 is 0 Å². The van der Waals surface area contributed by atoms with Crippen molar-refractivity contribution in [1.29, 1.82) is 0 Å². The molecule has 1 aromatic carbocycles. The summed E-state index contributed by atoms with van der Waals surface area (Å²) >= 11 is 3.70. The molecular formula is C22H25BrO4. The fraction of sp³-hybridized carbons (Fsp3) is 0.591. The van der Waals surface area contributed by atoms with E-state index in [0.29, 0.717) is 5.92 Å². The summed E-state index contributed by atoms with van der Waals surface area (Å²) in [4.78, 5) is 12.6. The molecule has 1 spiro atoms. The van der Waals surface area contributed by atoms with Gasteiger partial charge in [-0.3, -0.25) is 0 Å². The summed E-state index contributed by atoms with van der Waals surface area (Å²) in [5.74, 6) is -0.129. The zero-order valence-electron chi connectivity index (χ0n) is 15.5. The number of allylic oxidation sites excluding steroid dienone is 1. The third-order valence-electron chi connectivity index (χ3n) is 6.89. The van der Waals surface area contributed by atoms with Crippen molar-refractivity contribution in [2.75, 3.05) is 7.11 Å². The number of hydrogen-bond acceptors (Lipinski definition) is 4. The monoisotopic (exact) mass is 432 g/mol. The number of fused-ring (bicyclic) bond motifs is 5. The van der Waals surface area contributed by atoms with E-state index >= 15 is 0 Å². The minimum Gasteiger partial charge on any atom is -0.466 e. The van der Waals surface area contributed by atoms with E-state index in [1.165, 1.54) is 19.1 Å². The molecule has 3 aliphatic carbocycles. The SMILES string of the molecule is COC(=O)C1=C[C@H](c2ccccc2Br)[C@H]2C[C@@H]1[C@@H]1OC3(CCCCC3)O[C@H]21. The first kappa shape index (κ1) is 17.9. The maximum Gasteiger partial charge on any atom is 0.333 e. The maximum absolute atomic E-state index is 12.6. The van der Waals surface area contributed by atoms with Crippen LogP contribution in [-0.2, 0) is 19.0 Å². The lowest BCUT2D eigenvalue weighted by Crippen LogP contribution is -2.37. The first-order chi connectivity index (χ1) is 13.1. The molecule has 4 nitrogen and oxygen atoms in total. The molecule has 5 atom stereocenters. The predicted molar refractivity (Wildman–Crippen MR) is 104 cm³/mol. The van der Waals surface area contributed by atoms with E-state index in [2.05, 4.69) is 40.2 Å². The molecule has 2 bridgehead atoms. The van der Waals surface area contributed by atoms with Crippen molar-refractivity contribution in [3.8, 4) is 0 Å². The lowest BCUT2D eigenvalue weighted by Gasteiger charge is -2.36. The third kappa shape index (κ3) is 2.81. The van der Waals surface area contributed by atoms with Gasteiger partial charge in [-0.25, -0.2) is 4.79 Å². The van der Waals surface area contributed by atoms with Gasteiger partial charge in [0.1, 0.15) is 0 Å². The van der Waals surface area contributed by atoms with Gasteiger partial charge >= 0.3 is 5.97 Å². The summed E-state index contributed by atoms with van der Waals surface area (Å²) in [5.41, 5.74) is 1.97. The van der Waals surface area contributed by atoms with Gasteiger partial charge in [-0.2, -0.15) is 0 Å². The maximum atomic E-state index is 12.6. The molecule has 0 radical (unpaired) electrons. The molecule has 5 rings (SSSR count). The lowest BCUT2D eigenvalue weighted by atomic mass is 9.77. The van der Waals surface area contributed by atoms with Crippen molar-refractivity contribution in [3.05, 3.63) is 46.0 Å². The van der Waals surface area contributed by atoms with Crippen LogP contribution in [0.3, 0.4) is 0 Å². The molecule has 1 aromatic rings. The number of esters is 1. The largest absolute Gasteiger partial charge is 0.466 e. The molecule has 0 N–H and O–H groups in total. The molecule has 4 aliphatic rings. The molecule has 0 unspecified atom stereocenters. The van der Waals surface area contributed by atoms with E-state index < -0.39 is 5.79 Å². The fourth-order valence-electron chi connectivity index (χ4n) is 5.69. The number of hydrogen-bond donors (Lipinski definition) is 0. The standard InChI is InChI=1S/C22H25BrO4/c1-25-21(24)17-11-14(13-7-3-4-8-18(13)23)15-12-16(17)20-19(15)26-22(27-20)9-5-2-6-10-22/h3-4,7-8,11,14-16,19-20H,2,5-6,9-10,12H2,1H3/t14-,15-,16+,19-,20+/m1/s1. The Hall–Kier alpha value is -1.17. The Kier molecular flexibility index (Phi) is 4.45. The minimum absolute atomic E-state index is 0.0362. The molecule has 144 valence electrons. The number of methoxy groups -OCH3 is 1. The molecule has 0 amide bonds. The summed E-state index contributed by atoms with van der Waals surface area (Å²) < 4.78 is 19.4. The molecule has 1 saturated heterocycles. The number of carbonyl (C=O) groups excluding carboxylic acids is 1. The van der Waals surface area contributed by atoms with E-state index in [-0.39, 0.29) is 30.0 Å². The van der Waals surface area contributed by atoms with Gasteiger partial charge in [-0.05, 0) is 36.8 Å². The highest BCUT2D eigenvalue weighted by Crippen LogP contribution is 2.58. The topological polar surface area (TPSA) is 44.8 Å². The first-order valence-corrected chi connectivity index (χ1v) is 10.8. The van der Waals surface area contributed by atoms with Crippen LogP contribution in [0, 0.1) is 11.8 Å². The van der Waals surface area contributed by atoms with Gasteiger partial charge in [0.15, 0.2) is 5.79 Å². The second kappa shape index (κ2) is 6.71. The second-order valence-corrected chi connectivity index (χ2v) is 9.16. The molecule has 2 saturated carbocycles. The fourth-order valence-corrected chi connectivity index (χ4v) is 6.24. The van der Waals surface area contributed by atoms with Crippen LogP contribution in [0.4, 0.5) is 0 Å². The first-order valence-electron chi connectivity index (χ1n) is 10.0. The van der Waals surface area contributed by atoms with Crippen LogP contribution in [0.2, 0.25) is 0 Å². The number of ether oxygens (including phenoxy) is 3. The number of rotatable bonds is 2. The van der Waals surface area contributed by atoms with E-state index in [1.807, 2.05) is 6.07 Å². The normalized spacial score (nSPS) is 36.4. The van der Waals surface area contributed by atoms with Gasteiger partial charge in [0, 0.05) is 34.7 Å². The van der Waals surface area contributed by atoms with Crippen molar-refractivity contribution < 1.29 is 19.0 Å². The molecule has 27 heavy (non-hydrogen) atoms. The number of benzene rings is 1. The minimum atomic E-state index is -0.429. The van der Waals surface area contributed by atoms with E-state index in [9.17, 15) is 4.79 Å². The van der Waals surface area contributed by atoms with Crippen LogP contribution in [0.5, 0.6) is 0 Å². The Labute approximate surface area is 168 Å². The Balaban J connectivity index is 1.55. The van der Waals surface area contributed by atoms with Crippen LogP contribution in [0.1, 0.15) is 50.0 Å². The lowest BCUT2D eigenvalue weighted by molar-refractivity contribution is -0.206. The average molecular weight is 433 g/mol. The van der Waals surface area contributed by atoms with E-state index in [0.717, 1.165) is 42.1 Å². The van der Waals surface area contributed by atoms with Gasteiger partial charge in [0.05, 0.1) is 19.3 Å². The van der Waals surface area contributed by atoms with Gasteiger partial charge in [-0.1, -0.05) is 46.6 Å². The van der Waals surface area contributed by atoms with Crippen LogP contribution in [-0.4, -0.2) is 31.1 Å². The van der Waals surface area contributed by atoms with E-state index in [4.69, 9.17) is 14.2 Å². The zero-order chi connectivity index (χ0) is 18.6. The molecule has 3 fully saturated rings. The highest BCUT2D eigenvalue weighted by molar-refractivity contribution is 9.10. The second-order valence-electron chi connectivity index (χ2n) is 8.30.